The van der Waals surface area contributed by atoms with Gasteiger partial charge in [-0.1, -0.05) is 48.5 Å². The van der Waals surface area contributed by atoms with Crippen LogP contribution in [0.15, 0.2) is 48.5 Å². The van der Waals surface area contributed by atoms with Crippen molar-refractivity contribution in [3.63, 3.8) is 0 Å². The Morgan fingerprint density at radius 1 is 1.06 bits per heavy atom. The summed E-state index contributed by atoms with van der Waals surface area (Å²) in [4.78, 5) is 25.6. The predicted octanol–water partition coefficient (Wildman–Crippen LogP) is 3.23. The fraction of sp³-hybridized carbons (Fsp3) is 0.375. The van der Waals surface area contributed by atoms with Crippen LogP contribution in [0.3, 0.4) is 0 Å². The normalized spacial score (nSPS) is 12.9. The minimum Gasteiger partial charge on any atom is -0.480 e. The largest absolute Gasteiger partial charge is 0.480 e. The maximum Gasteiger partial charge on any atom is 0.407 e. The molecule has 0 heterocycles. The summed E-state index contributed by atoms with van der Waals surface area (Å²) >= 11 is 0. The Morgan fingerprint density at radius 2 is 1.66 bits per heavy atom. The molecular formula is C24H30N4O4. The Balaban J connectivity index is 1.50. The number of carbonyl (C=O) groups is 2. The van der Waals surface area contributed by atoms with Crippen LogP contribution in [-0.2, 0) is 9.53 Å². The molecule has 32 heavy (non-hydrogen) atoms. The van der Waals surface area contributed by atoms with Crippen molar-refractivity contribution >= 4 is 18.0 Å². The minimum absolute atomic E-state index is 0.0745. The molecule has 0 aliphatic heterocycles. The van der Waals surface area contributed by atoms with Crippen LogP contribution >= 0.6 is 0 Å². The molecular weight excluding hydrogens is 408 g/mol. The van der Waals surface area contributed by atoms with Crippen LogP contribution in [0.25, 0.3) is 11.1 Å². The summed E-state index contributed by atoms with van der Waals surface area (Å²) in [5.41, 5.74) is 4.48. The number of carbonyl (C=O) groups excluding carboxylic acids is 1. The van der Waals surface area contributed by atoms with Crippen LogP contribution in [0, 0.1) is 5.41 Å². The van der Waals surface area contributed by atoms with Crippen molar-refractivity contribution in [2.45, 2.75) is 31.2 Å². The molecule has 0 bridgehead atoms. The van der Waals surface area contributed by atoms with Crippen LogP contribution in [0.4, 0.5) is 4.79 Å². The fourth-order valence-electron chi connectivity index (χ4n) is 3.88. The monoisotopic (exact) mass is 438 g/mol. The zero-order chi connectivity index (χ0) is 23.1. The second-order valence-electron chi connectivity index (χ2n) is 8.03. The van der Waals surface area contributed by atoms with Gasteiger partial charge in [0.05, 0.1) is 0 Å². The number of alkyl carbamates (subject to hydrolysis) is 1. The summed E-state index contributed by atoms with van der Waals surface area (Å²) in [5, 5.41) is 22.6. The molecule has 0 fully saturated rings. The van der Waals surface area contributed by atoms with E-state index >= 15 is 0 Å². The first kappa shape index (κ1) is 23.1. The van der Waals surface area contributed by atoms with E-state index in [0.717, 1.165) is 22.3 Å². The first-order valence-corrected chi connectivity index (χ1v) is 10.7. The van der Waals surface area contributed by atoms with Crippen molar-refractivity contribution in [3.05, 3.63) is 59.7 Å². The Bertz CT molecular complexity index is 930. The van der Waals surface area contributed by atoms with E-state index in [1.54, 1.807) is 19.0 Å². The third-order valence-corrected chi connectivity index (χ3v) is 5.59. The molecule has 0 saturated carbocycles. The molecule has 1 atom stereocenters. The number of guanidine groups is 1. The molecule has 1 aliphatic rings. The third-order valence-electron chi connectivity index (χ3n) is 5.59. The maximum atomic E-state index is 12.3. The van der Waals surface area contributed by atoms with Gasteiger partial charge in [-0.3, -0.25) is 5.41 Å². The van der Waals surface area contributed by atoms with Gasteiger partial charge in [0.25, 0.3) is 0 Å². The van der Waals surface area contributed by atoms with Gasteiger partial charge in [0, 0.05) is 26.6 Å². The van der Waals surface area contributed by atoms with E-state index in [-0.39, 0.29) is 18.9 Å². The van der Waals surface area contributed by atoms with E-state index in [1.807, 2.05) is 36.4 Å². The Morgan fingerprint density at radius 3 is 2.22 bits per heavy atom. The lowest BCUT2D eigenvalue weighted by atomic mass is 9.98. The van der Waals surface area contributed by atoms with Crippen LogP contribution in [-0.4, -0.2) is 61.3 Å². The predicted molar refractivity (Wildman–Crippen MR) is 123 cm³/mol. The SMILES string of the molecule is CN(C)C(=N)NCCCC[C@H](NC(=O)OCC1c2ccccc2-c2ccccc21)C(=O)O. The van der Waals surface area contributed by atoms with E-state index in [9.17, 15) is 14.7 Å². The van der Waals surface area contributed by atoms with Crippen molar-refractivity contribution in [2.24, 2.45) is 0 Å². The summed E-state index contributed by atoms with van der Waals surface area (Å²) in [6.45, 7) is 0.705. The lowest BCUT2D eigenvalue weighted by molar-refractivity contribution is -0.139. The highest BCUT2D eigenvalue weighted by atomic mass is 16.5. The minimum atomic E-state index is -1.09. The number of unbranched alkanes of at least 4 members (excludes halogenated alkanes) is 1. The summed E-state index contributed by atoms with van der Waals surface area (Å²) in [6, 6.07) is 15.1. The van der Waals surface area contributed by atoms with E-state index in [2.05, 4.69) is 22.8 Å². The number of aliphatic carboxylic acids is 1. The number of amides is 1. The maximum absolute atomic E-state index is 12.3. The lowest BCUT2D eigenvalue weighted by Crippen LogP contribution is -2.41. The van der Waals surface area contributed by atoms with Crippen molar-refractivity contribution in [3.8, 4) is 11.1 Å². The van der Waals surface area contributed by atoms with Gasteiger partial charge in [0.2, 0.25) is 0 Å². The highest BCUT2D eigenvalue weighted by Gasteiger charge is 2.29. The standard InChI is InChI=1S/C24H30N4O4/c1-28(2)23(25)26-14-8-7-13-21(22(29)30)27-24(31)32-15-20-18-11-5-3-9-16(18)17-10-4-6-12-19(17)20/h3-6,9-12,20-21H,7-8,13-15H2,1-2H3,(H2,25,26)(H,27,31)(H,29,30)/t21-/m0/s1. The number of hydrogen-bond acceptors (Lipinski definition) is 4. The third kappa shape index (κ3) is 5.57. The van der Waals surface area contributed by atoms with Crippen LogP contribution in [0.1, 0.15) is 36.3 Å². The molecule has 0 spiro atoms. The van der Waals surface area contributed by atoms with Crippen molar-refractivity contribution in [1.82, 2.24) is 15.5 Å². The van der Waals surface area contributed by atoms with Gasteiger partial charge in [0.15, 0.2) is 5.96 Å². The average Bonchev–Trinajstić information content (AvgIpc) is 3.10. The number of nitrogens with zero attached hydrogens (tertiary/aromatic N) is 1. The van der Waals surface area contributed by atoms with E-state index in [0.29, 0.717) is 25.3 Å². The molecule has 8 heteroatoms. The van der Waals surface area contributed by atoms with Crippen molar-refractivity contribution in [1.29, 1.82) is 5.41 Å². The molecule has 2 aromatic carbocycles. The Kier molecular flexibility index (Phi) is 7.70. The number of ether oxygens (including phenoxy) is 1. The molecule has 0 unspecified atom stereocenters. The van der Waals surface area contributed by atoms with Crippen molar-refractivity contribution in [2.75, 3.05) is 27.2 Å². The molecule has 1 amide bonds. The van der Waals surface area contributed by atoms with Gasteiger partial charge >= 0.3 is 12.1 Å². The zero-order valence-electron chi connectivity index (χ0n) is 18.4. The second kappa shape index (κ2) is 10.7. The van der Waals surface area contributed by atoms with Gasteiger partial charge in [-0.15, -0.1) is 0 Å². The summed E-state index contributed by atoms with van der Waals surface area (Å²) in [6.07, 6.45) is 0.837. The van der Waals surface area contributed by atoms with Crippen molar-refractivity contribution < 1.29 is 19.4 Å². The Hall–Kier alpha value is -3.55. The van der Waals surface area contributed by atoms with Crippen LogP contribution < -0.4 is 10.6 Å². The molecule has 2 aromatic rings. The second-order valence-corrected chi connectivity index (χ2v) is 8.03. The molecule has 0 saturated heterocycles. The zero-order valence-corrected chi connectivity index (χ0v) is 18.4. The highest BCUT2D eigenvalue weighted by molar-refractivity contribution is 5.81. The average molecular weight is 439 g/mol. The smallest absolute Gasteiger partial charge is 0.407 e. The molecule has 170 valence electrons. The van der Waals surface area contributed by atoms with Gasteiger partial charge in [0.1, 0.15) is 12.6 Å². The summed E-state index contributed by atoms with van der Waals surface area (Å²) in [7, 11) is 3.54. The van der Waals surface area contributed by atoms with Gasteiger partial charge < -0.3 is 25.4 Å². The van der Waals surface area contributed by atoms with E-state index in [1.165, 1.54) is 0 Å². The molecule has 0 aromatic heterocycles. The molecule has 4 N–H and O–H groups in total. The first-order chi connectivity index (χ1) is 15.4. The number of carboxylic acid groups (broad SMARTS) is 1. The molecule has 1 aliphatic carbocycles. The number of rotatable bonds is 9. The van der Waals surface area contributed by atoms with Gasteiger partial charge in [-0.05, 0) is 41.5 Å². The van der Waals surface area contributed by atoms with Crippen LogP contribution in [0.2, 0.25) is 0 Å². The molecule has 8 nitrogen and oxygen atoms in total. The topological polar surface area (TPSA) is 115 Å². The molecule has 0 radical (unpaired) electrons. The number of benzene rings is 2. The molecule has 3 rings (SSSR count). The highest BCUT2D eigenvalue weighted by Crippen LogP contribution is 2.44. The van der Waals surface area contributed by atoms with E-state index < -0.39 is 18.1 Å². The number of nitrogens with one attached hydrogen (secondary N) is 3. The van der Waals surface area contributed by atoms with Gasteiger partial charge in [-0.25, -0.2) is 9.59 Å². The fourth-order valence-corrected chi connectivity index (χ4v) is 3.88. The van der Waals surface area contributed by atoms with E-state index in [4.69, 9.17) is 10.1 Å². The summed E-state index contributed by atoms with van der Waals surface area (Å²) in [5.74, 6) is -0.862. The first-order valence-electron chi connectivity index (χ1n) is 10.7. The number of hydrogen-bond donors (Lipinski definition) is 4. The van der Waals surface area contributed by atoms with Gasteiger partial charge in [-0.2, -0.15) is 0 Å². The quantitative estimate of drug-likeness (QED) is 0.271. The summed E-state index contributed by atoms with van der Waals surface area (Å²) < 4.78 is 5.45. The number of fused-ring (bicyclic) bond motifs is 3. The number of carboxylic acids is 1. The Labute approximate surface area is 188 Å². The lowest BCUT2D eigenvalue weighted by Gasteiger charge is -2.18. The van der Waals surface area contributed by atoms with Crippen LogP contribution in [0.5, 0.6) is 0 Å².